The number of hydrogen-bond acceptors (Lipinski definition) is 3. The number of anilines is 1. The average Bonchev–Trinajstić information content (AvgIpc) is 3.16. The number of amides is 2. The van der Waals surface area contributed by atoms with Gasteiger partial charge in [0.1, 0.15) is 5.82 Å². The number of aryl methyl sites for hydroxylation is 1. The molecule has 1 aliphatic carbocycles. The van der Waals surface area contributed by atoms with Crippen LogP contribution in [-0.4, -0.2) is 25.6 Å². The summed E-state index contributed by atoms with van der Waals surface area (Å²) in [5.41, 5.74) is 2.97. The van der Waals surface area contributed by atoms with E-state index in [0.717, 1.165) is 11.4 Å². The molecule has 1 saturated carbocycles. The van der Waals surface area contributed by atoms with Gasteiger partial charge in [-0.05, 0) is 45.1 Å². The second-order valence-corrected chi connectivity index (χ2v) is 9.50. The van der Waals surface area contributed by atoms with Crippen LogP contribution in [0.15, 0.2) is 12.3 Å². The smallest absolute Gasteiger partial charge is 0.320 e. The molecule has 3 rings (SSSR count). The standard InChI is InChI=1S/C20H32N6O/c1-19(2,3)16-10-17(26(24-16)20(4,5)6)23-18(27)21-12-15-14(13-8-9-13)11-22-25(15)7/h10-11,13H,8-9,12H2,1-7H3,(H2,21,23,27). The highest BCUT2D eigenvalue weighted by atomic mass is 16.2. The minimum atomic E-state index is -0.233. The summed E-state index contributed by atoms with van der Waals surface area (Å²) in [5.74, 6) is 1.31. The Labute approximate surface area is 161 Å². The van der Waals surface area contributed by atoms with Crippen molar-refractivity contribution >= 4 is 11.8 Å². The summed E-state index contributed by atoms with van der Waals surface area (Å²) in [6, 6.07) is 1.73. The number of carbonyl (C=O) groups is 1. The molecule has 0 unspecified atom stereocenters. The molecular weight excluding hydrogens is 340 g/mol. The number of nitrogens with one attached hydrogen (secondary N) is 2. The van der Waals surface area contributed by atoms with E-state index in [9.17, 15) is 4.79 Å². The number of rotatable bonds is 4. The third-order valence-electron chi connectivity index (χ3n) is 4.88. The Morgan fingerprint density at radius 1 is 1.22 bits per heavy atom. The van der Waals surface area contributed by atoms with Crippen LogP contribution in [0.3, 0.4) is 0 Å². The van der Waals surface area contributed by atoms with Crippen molar-refractivity contribution in [2.75, 3.05) is 5.32 Å². The first-order valence-electron chi connectivity index (χ1n) is 9.63. The number of carbonyl (C=O) groups excluding carboxylic acids is 1. The maximum absolute atomic E-state index is 12.6. The summed E-state index contributed by atoms with van der Waals surface area (Å²) >= 11 is 0. The maximum Gasteiger partial charge on any atom is 0.320 e. The lowest BCUT2D eigenvalue weighted by molar-refractivity contribution is 0.251. The molecule has 0 bridgehead atoms. The molecule has 148 valence electrons. The lowest BCUT2D eigenvalue weighted by Crippen LogP contribution is -2.32. The first-order chi connectivity index (χ1) is 12.5. The van der Waals surface area contributed by atoms with E-state index in [-0.39, 0.29) is 17.0 Å². The number of nitrogens with zero attached hydrogens (tertiary/aromatic N) is 4. The van der Waals surface area contributed by atoms with Gasteiger partial charge < -0.3 is 5.32 Å². The van der Waals surface area contributed by atoms with Crippen LogP contribution >= 0.6 is 0 Å². The monoisotopic (exact) mass is 372 g/mol. The molecule has 0 aliphatic heterocycles. The molecule has 0 spiro atoms. The SMILES string of the molecule is Cn1ncc(C2CC2)c1CNC(=O)Nc1cc(C(C)(C)C)nn1C(C)(C)C. The minimum Gasteiger partial charge on any atom is -0.332 e. The summed E-state index contributed by atoms with van der Waals surface area (Å²) in [5, 5.41) is 15.0. The van der Waals surface area contributed by atoms with Crippen LogP contribution in [0.2, 0.25) is 0 Å². The Balaban J connectivity index is 1.72. The highest BCUT2D eigenvalue weighted by Gasteiger charge is 2.29. The molecule has 2 heterocycles. The maximum atomic E-state index is 12.6. The average molecular weight is 373 g/mol. The molecule has 2 aromatic rings. The van der Waals surface area contributed by atoms with Crippen molar-refractivity contribution in [2.45, 2.75) is 77.8 Å². The van der Waals surface area contributed by atoms with Crippen molar-refractivity contribution < 1.29 is 4.79 Å². The Morgan fingerprint density at radius 2 is 1.89 bits per heavy atom. The summed E-state index contributed by atoms with van der Waals surface area (Å²) in [6.07, 6.45) is 4.35. The zero-order chi connectivity index (χ0) is 20.0. The van der Waals surface area contributed by atoms with Crippen molar-refractivity contribution in [2.24, 2.45) is 7.05 Å². The van der Waals surface area contributed by atoms with E-state index in [1.807, 2.05) is 28.7 Å². The van der Waals surface area contributed by atoms with Crippen LogP contribution in [0.1, 0.15) is 77.3 Å². The van der Waals surface area contributed by atoms with E-state index in [4.69, 9.17) is 5.10 Å². The molecule has 2 amide bonds. The van der Waals surface area contributed by atoms with Gasteiger partial charge in [-0.25, -0.2) is 9.48 Å². The van der Waals surface area contributed by atoms with Crippen LogP contribution < -0.4 is 10.6 Å². The first-order valence-corrected chi connectivity index (χ1v) is 9.63. The van der Waals surface area contributed by atoms with E-state index >= 15 is 0 Å². The zero-order valence-corrected chi connectivity index (χ0v) is 17.6. The Hall–Kier alpha value is -2.31. The molecule has 2 aromatic heterocycles. The fraction of sp³-hybridized carbons (Fsp3) is 0.650. The van der Waals surface area contributed by atoms with Crippen molar-refractivity contribution in [1.29, 1.82) is 0 Å². The van der Waals surface area contributed by atoms with E-state index in [0.29, 0.717) is 18.3 Å². The summed E-state index contributed by atoms with van der Waals surface area (Å²) < 4.78 is 3.73. The van der Waals surface area contributed by atoms with Crippen LogP contribution in [0, 0.1) is 0 Å². The van der Waals surface area contributed by atoms with Gasteiger partial charge in [-0.2, -0.15) is 10.2 Å². The Kier molecular flexibility index (Phi) is 4.82. The second-order valence-electron chi connectivity index (χ2n) is 9.50. The van der Waals surface area contributed by atoms with Gasteiger partial charge in [0.25, 0.3) is 0 Å². The first kappa shape index (κ1) is 19.5. The van der Waals surface area contributed by atoms with Crippen LogP contribution in [-0.2, 0) is 24.5 Å². The predicted molar refractivity (Wildman–Crippen MR) is 107 cm³/mol. The molecular formula is C20H32N6O. The van der Waals surface area contributed by atoms with E-state index in [2.05, 4.69) is 57.3 Å². The van der Waals surface area contributed by atoms with E-state index in [1.54, 1.807) is 0 Å². The Morgan fingerprint density at radius 3 is 2.44 bits per heavy atom. The molecule has 0 aromatic carbocycles. The summed E-state index contributed by atoms with van der Waals surface area (Å²) in [6.45, 7) is 13.0. The van der Waals surface area contributed by atoms with Gasteiger partial charge in [-0.15, -0.1) is 0 Å². The van der Waals surface area contributed by atoms with Crippen molar-refractivity contribution in [1.82, 2.24) is 24.9 Å². The molecule has 0 radical (unpaired) electrons. The zero-order valence-electron chi connectivity index (χ0n) is 17.6. The Bertz CT molecular complexity index is 830. The van der Waals surface area contributed by atoms with Crippen LogP contribution in [0.25, 0.3) is 0 Å². The highest BCUT2D eigenvalue weighted by Crippen LogP contribution is 2.41. The van der Waals surface area contributed by atoms with Gasteiger partial charge in [0.2, 0.25) is 0 Å². The van der Waals surface area contributed by atoms with Gasteiger partial charge in [-0.3, -0.25) is 10.00 Å². The van der Waals surface area contributed by atoms with Gasteiger partial charge in [-0.1, -0.05) is 20.8 Å². The van der Waals surface area contributed by atoms with Crippen molar-refractivity contribution in [3.8, 4) is 0 Å². The molecule has 2 N–H and O–H groups in total. The van der Waals surface area contributed by atoms with Crippen LogP contribution in [0.4, 0.5) is 10.6 Å². The molecule has 0 atom stereocenters. The third-order valence-corrected chi connectivity index (χ3v) is 4.88. The molecule has 0 saturated heterocycles. The highest BCUT2D eigenvalue weighted by molar-refractivity contribution is 5.88. The second kappa shape index (κ2) is 6.69. The molecule has 7 nitrogen and oxygen atoms in total. The van der Waals surface area contributed by atoms with Crippen molar-refractivity contribution in [3.63, 3.8) is 0 Å². The molecule has 7 heteroatoms. The molecule has 1 fully saturated rings. The predicted octanol–water partition coefficient (Wildman–Crippen LogP) is 3.87. The largest absolute Gasteiger partial charge is 0.332 e. The van der Waals surface area contributed by atoms with E-state index in [1.165, 1.54) is 18.4 Å². The fourth-order valence-corrected chi connectivity index (χ4v) is 3.10. The topological polar surface area (TPSA) is 76.8 Å². The summed E-state index contributed by atoms with van der Waals surface area (Å²) in [7, 11) is 1.92. The number of hydrogen-bond donors (Lipinski definition) is 2. The normalized spacial score (nSPS) is 15.1. The number of aromatic nitrogens is 4. The lowest BCUT2D eigenvalue weighted by atomic mass is 9.92. The molecule has 1 aliphatic rings. The minimum absolute atomic E-state index is 0.0860. The van der Waals surface area contributed by atoms with E-state index < -0.39 is 0 Å². The van der Waals surface area contributed by atoms with Crippen molar-refractivity contribution in [3.05, 3.63) is 29.2 Å². The fourth-order valence-electron chi connectivity index (χ4n) is 3.10. The summed E-state index contributed by atoms with van der Waals surface area (Å²) in [4.78, 5) is 12.6. The van der Waals surface area contributed by atoms with Gasteiger partial charge in [0, 0.05) is 18.5 Å². The third kappa shape index (κ3) is 4.34. The molecule has 27 heavy (non-hydrogen) atoms. The lowest BCUT2D eigenvalue weighted by Gasteiger charge is -2.23. The number of urea groups is 1. The van der Waals surface area contributed by atoms with Gasteiger partial charge in [0.05, 0.1) is 29.7 Å². The quantitative estimate of drug-likeness (QED) is 0.855. The van der Waals surface area contributed by atoms with Gasteiger partial charge >= 0.3 is 6.03 Å². The van der Waals surface area contributed by atoms with Crippen LogP contribution in [0.5, 0.6) is 0 Å². The van der Waals surface area contributed by atoms with Gasteiger partial charge in [0.15, 0.2) is 0 Å².